The second-order valence-corrected chi connectivity index (χ2v) is 10.3. The predicted octanol–water partition coefficient (Wildman–Crippen LogP) is 3.65. The van der Waals surface area contributed by atoms with Crippen LogP contribution in [0.1, 0.15) is 18.4 Å². The van der Waals surface area contributed by atoms with Crippen LogP contribution in [0.4, 0.5) is 5.13 Å². The largest absolute Gasteiger partial charge is 0.497 e. The van der Waals surface area contributed by atoms with Crippen LogP contribution in [0.25, 0.3) is 10.2 Å². The Hall–Kier alpha value is -2.49. The molecular weight excluding hydrogens is 422 g/mol. The van der Waals surface area contributed by atoms with Crippen LogP contribution >= 0.6 is 11.3 Å². The van der Waals surface area contributed by atoms with Crippen molar-refractivity contribution in [2.45, 2.75) is 24.7 Å². The van der Waals surface area contributed by atoms with Crippen molar-refractivity contribution in [2.24, 2.45) is 5.92 Å². The Morgan fingerprint density at radius 3 is 2.73 bits per heavy atom. The van der Waals surface area contributed by atoms with Crippen molar-refractivity contribution in [1.29, 1.82) is 0 Å². The Morgan fingerprint density at radius 2 is 2.00 bits per heavy atom. The van der Waals surface area contributed by atoms with Crippen molar-refractivity contribution in [2.75, 3.05) is 25.5 Å². The number of aryl methyl sites for hydroxylation is 1. The number of nitrogens with zero attached hydrogens (tertiary/aromatic N) is 2. The lowest BCUT2D eigenvalue weighted by Gasteiger charge is -2.31. The first-order chi connectivity index (χ1) is 14.4. The molecule has 0 bridgehead atoms. The quantitative estimate of drug-likeness (QED) is 0.648. The van der Waals surface area contributed by atoms with Gasteiger partial charge in [-0.3, -0.25) is 4.79 Å². The zero-order valence-corrected chi connectivity index (χ0v) is 18.4. The van der Waals surface area contributed by atoms with E-state index < -0.39 is 15.9 Å². The molecule has 1 saturated heterocycles. The third kappa shape index (κ3) is 4.19. The zero-order chi connectivity index (χ0) is 21.3. The summed E-state index contributed by atoms with van der Waals surface area (Å²) < 4.78 is 33.5. The summed E-state index contributed by atoms with van der Waals surface area (Å²) in [5, 5.41) is 3.42. The summed E-state index contributed by atoms with van der Waals surface area (Å²) in [4.78, 5) is 17.5. The van der Waals surface area contributed by atoms with Crippen LogP contribution in [-0.2, 0) is 14.8 Å². The SMILES string of the molecule is COc1ccc(S(=O)(=O)N2CCCC(C(=O)Nc3nc4ccc(C)cc4s3)C2)cc1. The van der Waals surface area contributed by atoms with Gasteiger partial charge in [0.1, 0.15) is 5.75 Å². The highest BCUT2D eigenvalue weighted by Gasteiger charge is 2.33. The van der Waals surface area contributed by atoms with Crippen LogP contribution in [0, 0.1) is 12.8 Å². The van der Waals surface area contributed by atoms with Gasteiger partial charge in [-0.15, -0.1) is 0 Å². The van der Waals surface area contributed by atoms with Gasteiger partial charge in [0.15, 0.2) is 5.13 Å². The fourth-order valence-electron chi connectivity index (χ4n) is 3.56. The molecule has 0 radical (unpaired) electrons. The van der Waals surface area contributed by atoms with E-state index in [4.69, 9.17) is 4.74 Å². The second kappa shape index (κ2) is 8.33. The number of anilines is 1. The summed E-state index contributed by atoms with van der Waals surface area (Å²) in [6.45, 7) is 2.57. The van der Waals surface area contributed by atoms with E-state index in [2.05, 4.69) is 10.3 Å². The Morgan fingerprint density at radius 1 is 1.23 bits per heavy atom. The topological polar surface area (TPSA) is 88.6 Å². The second-order valence-electron chi connectivity index (χ2n) is 7.36. The molecule has 0 spiro atoms. The van der Waals surface area contributed by atoms with Gasteiger partial charge in [-0.2, -0.15) is 4.31 Å². The molecule has 1 atom stereocenters. The lowest BCUT2D eigenvalue weighted by molar-refractivity contribution is -0.120. The number of sulfonamides is 1. The normalized spacial score (nSPS) is 17.7. The molecule has 1 unspecified atom stereocenters. The molecule has 158 valence electrons. The molecule has 2 heterocycles. The average molecular weight is 446 g/mol. The number of fused-ring (bicyclic) bond motifs is 1. The van der Waals surface area contributed by atoms with Gasteiger partial charge >= 0.3 is 0 Å². The van der Waals surface area contributed by atoms with Crippen LogP contribution in [-0.4, -0.2) is 43.8 Å². The molecule has 1 aromatic heterocycles. The van der Waals surface area contributed by atoms with Gasteiger partial charge in [0.05, 0.1) is 28.1 Å². The van der Waals surface area contributed by atoms with Crippen molar-refractivity contribution >= 4 is 42.6 Å². The van der Waals surface area contributed by atoms with Gasteiger partial charge < -0.3 is 10.1 Å². The minimum Gasteiger partial charge on any atom is -0.497 e. The highest BCUT2D eigenvalue weighted by molar-refractivity contribution is 7.89. The molecule has 1 fully saturated rings. The molecule has 0 aliphatic carbocycles. The monoisotopic (exact) mass is 445 g/mol. The van der Waals surface area contributed by atoms with Crippen LogP contribution in [0.2, 0.25) is 0 Å². The summed E-state index contributed by atoms with van der Waals surface area (Å²) in [5.41, 5.74) is 1.98. The number of carbonyl (C=O) groups is 1. The number of hydrogen-bond donors (Lipinski definition) is 1. The van der Waals surface area contributed by atoms with Gasteiger partial charge in [0, 0.05) is 13.1 Å². The number of aromatic nitrogens is 1. The summed E-state index contributed by atoms with van der Waals surface area (Å²) in [6.07, 6.45) is 1.27. The van der Waals surface area contributed by atoms with Crippen molar-refractivity contribution in [1.82, 2.24) is 9.29 Å². The smallest absolute Gasteiger partial charge is 0.243 e. The predicted molar refractivity (Wildman–Crippen MR) is 117 cm³/mol. The highest BCUT2D eigenvalue weighted by Crippen LogP contribution is 2.29. The number of nitrogens with one attached hydrogen (secondary N) is 1. The van der Waals surface area contributed by atoms with E-state index in [1.807, 2.05) is 25.1 Å². The lowest BCUT2D eigenvalue weighted by Crippen LogP contribution is -2.43. The lowest BCUT2D eigenvalue weighted by atomic mass is 9.99. The number of amides is 1. The van der Waals surface area contributed by atoms with Gasteiger partial charge in [0.25, 0.3) is 0 Å². The Balaban J connectivity index is 1.47. The molecule has 2 aromatic carbocycles. The van der Waals surface area contributed by atoms with Crippen molar-refractivity contribution in [3.8, 4) is 5.75 Å². The molecule has 1 aliphatic heterocycles. The maximum Gasteiger partial charge on any atom is 0.243 e. The van der Waals surface area contributed by atoms with Gasteiger partial charge in [-0.25, -0.2) is 13.4 Å². The van der Waals surface area contributed by atoms with Gasteiger partial charge in [-0.1, -0.05) is 17.4 Å². The standard InChI is InChI=1S/C21H23N3O4S2/c1-14-5-10-18-19(12-14)29-21(22-18)23-20(25)15-4-3-11-24(13-15)30(26,27)17-8-6-16(28-2)7-9-17/h5-10,12,15H,3-4,11,13H2,1-2H3,(H,22,23,25). The van der Waals surface area contributed by atoms with Crippen molar-refractivity contribution in [3.05, 3.63) is 48.0 Å². The van der Waals surface area contributed by atoms with Crippen LogP contribution < -0.4 is 10.1 Å². The molecule has 1 amide bonds. The summed E-state index contributed by atoms with van der Waals surface area (Å²) in [7, 11) is -2.14. The molecule has 3 aromatic rings. The molecule has 4 rings (SSSR count). The van der Waals surface area contributed by atoms with Crippen LogP contribution in [0.15, 0.2) is 47.4 Å². The third-order valence-corrected chi connectivity index (χ3v) is 8.04. The molecule has 30 heavy (non-hydrogen) atoms. The first kappa shape index (κ1) is 20.8. The Bertz CT molecular complexity index is 1170. The number of methoxy groups -OCH3 is 1. The number of thiazole rings is 1. The number of rotatable bonds is 5. The summed E-state index contributed by atoms with van der Waals surface area (Å²) in [6, 6.07) is 12.2. The maximum atomic E-state index is 13.0. The molecular formula is C21H23N3O4S2. The van der Waals surface area contributed by atoms with E-state index in [1.54, 1.807) is 12.1 Å². The van der Waals surface area contributed by atoms with E-state index in [0.29, 0.717) is 30.3 Å². The Kier molecular flexibility index (Phi) is 5.77. The van der Waals surface area contributed by atoms with Crippen LogP contribution in [0.3, 0.4) is 0 Å². The Labute approximate surface area is 179 Å². The molecule has 0 saturated carbocycles. The van der Waals surface area contributed by atoms with Crippen LogP contribution in [0.5, 0.6) is 5.75 Å². The number of hydrogen-bond acceptors (Lipinski definition) is 6. The number of ether oxygens (including phenoxy) is 1. The van der Waals surface area contributed by atoms with Gasteiger partial charge in [-0.05, 0) is 61.7 Å². The average Bonchev–Trinajstić information content (AvgIpc) is 3.15. The summed E-state index contributed by atoms with van der Waals surface area (Å²) in [5.74, 6) is -0.0168. The minimum absolute atomic E-state index is 0.157. The first-order valence-corrected chi connectivity index (χ1v) is 11.9. The number of piperidine rings is 1. The van der Waals surface area contributed by atoms with E-state index >= 15 is 0 Å². The van der Waals surface area contributed by atoms with Crippen molar-refractivity contribution < 1.29 is 17.9 Å². The third-order valence-electron chi connectivity index (χ3n) is 5.23. The summed E-state index contributed by atoms with van der Waals surface area (Å²) >= 11 is 1.42. The molecule has 1 N–H and O–H groups in total. The van der Waals surface area contributed by atoms with E-state index in [-0.39, 0.29) is 17.3 Å². The maximum absolute atomic E-state index is 13.0. The minimum atomic E-state index is -3.67. The van der Waals surface area contributed by atoms with E-state index in [0.717, 1.165) is 15.8 Å². The zero-order valence-electron chi connectivity index (χ0n) is 16.8. The molecule has 1 aliphatic rings. The first-order valence-electron chi connectivity index (χ1n) is 9.69. The molecule has 9 heteroatoms. The highest BCUT2D eigenvalue weighted by atomic mass is 32.2. The van der Waals surface area contributed by atoms with Crippen molar-refractivity contribution in [3.63, 3.8) is 0 Å². The molecule has 7 nitrogen and oxygen atoms in total. The fourth-order valence-corrected chi connectivity index (χ4v) is 6.06. The van der Waals surface area contributed by atoms with E-state index in [9.17, 15) is 13.2 Å². The number of benzene rings is 2. The van der Waals surface area contributed by atoms with Gasteiger partial charge in [0.2, 0.25) is 15.9 Å². The fraction of sp³-hybridized carbons (Fsp3) is 0.333. The number of carbonyl (C=O) groups excluding carboxylic acids is 1. The van der Waals surface area contributed by atoms with E-state index in [1.165, 1.54) is 34.9 Å².